The number of benzene rings is 3. The highest BCUT2D eigenvalue weighted by Crippen LogP contribution is 2.36. The van der Waals surface area contributed by atoms with E-state index in [1.807, 2.05) is 48.5 Å². The van der Waals surface area contributed by atoms with Gasteiger partial charge in [-0.15, -0.1) is 0 Å². The average Bonchev–Trinajstić information content (AvgIpc) is 3.16. The lowest BCUT2D eigenvalue weighted by atomic mass is 9.98. The first kappa shape index (κ1) is 18.6. The van der Waals surface area contributed by atoms with Crippen molar-refractivity contribution >= 4 is 34.8 Å². The lowest BCUT2D eigenvalue weighted by Gasteiger charge is -2.21. The number of hydrogen-bond donors (Lipinski definition) is 1. The molecule has 0 radical (unpaired) electrons. The Hall–Kier alpha value is -3.44. The molecule has 5 rings (SSSR count). The van der Waals surface area contributed by atoms with Gasteiger partial charge in [-0.25, -0.2) is 4.99 Å². The standard InChI is InChI=1S/C24H18ClN3O2/c25-19-12-5-4-10-17(19)23(29)27-22-24(30)28-14-13-16-9-6-11-18(21(16)28)20(26-22)15-7-2-1-3-8-15/h1-12,22H,13-14H2,(H,27,29). The molecule has 1 unspecified atom stereocenters. The molecular weight excluding hydrogens is 398 g/mol. The van der Waals surface area contributed by atoms with Gasteiger partial charge in [0.1, 0.15) is 0 Å². The quantitative estimate of drug-likeness (QED) is 0.706. The second kappa shape index (κ2) is 7.43. The van der Waals surface area contributed by atoms with Gasteiger partial charge in [0.25, 0.3) is 11.8 Å². The molecule has 1 N–H and O–H groups in total. The fourth-order valence-electron chi connectivity index (χ4n) is 4.04. The second-order valence-corrected chi connectivity index (χ2v) is 7.66. The first-order valence-corrected chi connectivity index (χ1v) is 10.1. The van der Waals surface area contributed by atoms with Gasteiger partial charge < -0.3 is 10.2 Å². The van der Waals surface area contributed by atoms with Gasteiger partial charge in [0.2, 0.25) is 6.17 Å². The van der Waals surface area contributed by atoms with E-state index >= 15 is 0 Å². The molecule has 148 valence electrons. The first-order chi connectivity index (χ1) is 14.6. The van der Waals surface area contributed by atoms with Gasteiger partial charge in [-0.2, -0.15) is 0 Å². The van der Waals surface area contributed by atoms with Crippen molar-refractivity contribution in [1.29, 1.82) is 0 Å². The van der Waals surface area contributed by atoms with Crippen LogP contribution in [0.15, 0.2) is 77.8 Å². The SMILES string of the molecule is O=C(NC1N=C(c2ccccc2)c2cccc3c2N(CC3)C1=O)c1ccccc1Cl. The molecule has 0 saturated heterocycles. The Balaban J connectivity index is 1.61. The van der Waals surface area contributed by atoms with Gasteiger partial charge in [0.05, 0.1) is 22.0 Å². The molecule has 5 nitrogen and oxygen atoms in total. The largest absolute Gasteiger partial charge is 0.322 e. The minimum atomic E-state index is -1.04. The van der Waals surface area contributed by atoms with E-state index in [1.165, 1.54) is 0 Å². The number of rotatable bonds is 3. The molecule has 6 heteroatoms. The predicted molar refractivity (Wildman–Crippen MR) is 117 cm³/mol. The third-order valence-corrected chi connectivity index (χ3v) is 5.77. The van der Waals surface area contributed by atoms with Gasteiger partial charge in [0.15, 0.2) is 0 Å². The topological polar surface area (TPSA) is 61.8 Å². The van der Waals surface area contributed by atoms with Crippen LogP contribution in [0.4, 0.5) is 5.69 Å². The molecule has 0 aromatic heterocycles. The molecule has 0 spiro atoms. The molecule has 3 aromatic carbocycles. The van der Waals surface area contributed by atoms with Gasteiger partial charge in [-0.05, 0) is 24.1 Å². The Kier molecular flexibility index (Phi) is 4.60. The Bertz CT molecular complexity index is 1190. The lowest BCUT2D eigenvalue weighted by Crippen LogP contribution is -2.47. The summed E-state index contributed by atoms with van der Waals surface area (Å²) in [7, 11) is 0. The molecule has 0 saturated carbocycles. The van der Waals surface area contributed by atoms with E-state index in [-0.39, 0.29) is 5.91 Å². The number of halogens is 1. The van der Waals surface area contributed by atoms with Crippen LogP contribution in [0.2, 0.25) is 5.02 Å². The summed E-state index contributed by atoms with van der Waals surface area (Å²) >= 11 is 6.18. The molecular formula is C24H18ClN3O2. The van der Waals surface area contributed by atoms with Crippen molar-refractivity contribution in [3.05, 3.63) is 100 Å². The summed E-state index contributed by atoms with van der Waals surface area (Å²) in [5, 5.41) is 3.11. The van der Waals surface area contributed by atoms with E-state index in [2.05, 4.69) is 5.32 Å². The summed E-state index contributed by atoms with van der Waals surface area (Å²) in [5.41, 5.74) is 4.80. The second-order valence-electron chi connectivity index (χ2n) is 7.25. The maximum Gasteiger partial charge on any atom is 0.272 e. The summed E-state index contributed by atoms with van der Waals surface area (Å²) in [6, 6.07) is 22.5. The Morgan fingerprint density at radius 1 is 1.00 bits per heavy atom. The Morgan fingerprint density at radius 3 is 2.57 bits per heavy atom. The number of para-hydroxylation sites is 1. The van der Waals surface area contributed by atoms with Crippen LogP contribution < -0.4 is 10.2 Å². The number of nitrogens with zero attached hydrogens (tertiary/aromatic N) is 2. The van der Waals surface area contributed by atoms with E-state index in [0.29, 0.717) is 22.8 Å². The fraction of sp³-hybridized carbons (Fsp3) is 0.125. The van der Waals surface area contributed by atoms with Crippen molar-refractivity contribution in [2.24, 2.45) is 4.99 Å². The number of aliphatic imine (C=N–C) groups is 1. The van der Waals surface area contributed by atoms with Crippen LogP contribution in [-0.2, 0) is 11.2 Å². The molecule has 0 bridgehead atoms. The zero-order valence-corrected chi connectivity index (χ0v) is 16.8. The molecule has 2 aliphatic rings. The highest BCUT2D eigenvalue weighted by Gasteiger charge is 2.37. The molecule has 0 aliphatic carbocycles. The normalized spacial score (nSPS) is 17.2. The fourth-order valence-corrected chi connectivity index (χ4v) is 4.26. The van der Waals surface area contributed by atoms with Gasteiger partial charge in [-0.3, -0.25) is 9.59 Å². The minimum Gasteiger partial charge on any atom is -0.322 e. The van der Waals surface area contributed by atoms with Crippen LogP contribution in [-0.4, -0.2) is 30.2 Å². The van der Waals surface area contributed by atoms with Crippen molar-refractivity contribution in [2.45, 2.75) is 12.6 Å². The van der Waals surface area contributed by atoms with Crippen LogP contribution in [0, 0.1) is 0 Å². The zero-order valence-electron chi connectivity index (χ0n) is 16.0. The molecule has 1 atom stereocenters. The van der Waals surface area contributed by atoms with E-state index in [4.69, 9.17) is 16.6 Å². The summed E-state index contributed by atoms with van der Waals surface area (Å²) in [6.45, 7) is 0.571. The van der Waals surface area contributed by atoms with Gasteiger partial charge in [0, 0.05) is 17.7 Å². The predicted octanol–water partition coefficient (Wildman–Crippen LogP) is 3.84. The summed E-state index contributed by atoms with van der Waals surface area (Å²) in [6.07, 6.45) is -0.260. The van der Waals surface area contributed by atoms with Crippen LogP contribution >= 0.6 is 11.6 Å². The highest BCUT2D eigenvalue weighted by molar-refractivity contribution is 6.34. The van der Waals surface area contributed by atoms with Crippen LogP contribution in [0.3, 0.4) is 0 Å². The van der Waals surface area contributed by atoms with Crippen molar-refractivity contribution < 1.29 is 9.59 Å². The molecule has 30 heavy (non-hydrogen) atoms. The summed E-state index contributed by atoms with van der Waals surface area (Å²) < 4.78 is 0. The number of anilines is 1. The Morgan fingerprint density at radius 2 is 1.77 bits per heavy atom. The zero-order chi connectivity index (χ0) is 20.7. The number of nitrogens with one attached hydrogen (secondary N) is 1. The van der Waals surface area contributed by atoms with Crippen molar-refractivity contribution in [3.8, 4) is 0 Å². The van der Waals surface area contributed by atoms with Crippen LogP contribution in [0.1, 0.15) is 27.0 Å². The van der Waals surface area contributed by atoms with Crippen molar-refractivity contribution in [2.75, 3.05) is 11.4 Å². The van der Waals surface area contributed by atoms with Crippen LogP contribution in [0.5, 0.6) is 0 Å². The van der Waals surface area contributed by atoms with E-state index in [0.717, 1.165) is 28.8 Å². The molecule has 3 aromatic rings. The summed E-state index contributed by atoms with van der Waals surface area (Å²) in [5.74, 6) is -0.673. The molecule has 2 heterocycles. The highest BCUT2D eigenvalue weighted by atomic mass is 35.5. The minimum absolute atomic E-state index is 0.243. The monoisotopic (exact) mass is 415 g/mol. The molecule has 0 fully saturated rings. The number of hydrogen-bond acceptors (Lipinski definition) is 3. The average molecular weight is 416 g/mol. The number of carbonyl (C=O) groups is 2. The third kappa shape index (κ3) is 3.08. The maximum absolute atomic E-state index is 13.4. The van der Waals surface area contributed by atoms with Gasteiger partial charge in [-0.1, -0.05) is 72.3 Å². The smallest absolute Gasteiger partial charge is 0.272 e. The molecule has 2 amide bonds. The Labute approximate surface area is 179 Å². The van der Waals surface area contributed by atoms with Crippen molar-refractivity contribution in [1.82, 2.24) is 5.32 Å². The third-order valence-electron chi connectivity index (χ3n) is 5.44. The van der Waals surface area contributed by atoms with Crippen molar-refractivity contribution in [3.63, 3.8) is 0 Å². The maximum atomic E-state index is 13.4. The van der Waals surface area contributed by atoms with E-state index < -0.39 is 12.1 Å². The lowest BCUT2D eigenvalue weighted by molar-refractivity contribution is -0.120. The number of carbonyl (C=O) groups excluding carboxylic acids is 2. The number of amides is 2. The van der Waals surface area contributed by atoms with E-state index in [9.17, 15) is 9.59 Å². The summed E-state index contributed by atoms with van der Waals surface area (Å²) in [4.78, 5) is 32.7. The molecule has 2 aliphatic heterocycles. The van der Waals surface area contributed by atoms with Gasteiger partial charge >= 0.3 is 0 Å². The van der Waals surface area contributed by atoms with Crippen LogP contribution in [0.25, 0.3) is 0 Å². The van der Waals surface area contributed by atoms with E-state index in [1.54, 1.807) is 29.2 Å². The first-order valence-electron chi connectivity index (χ1n) is 9.76.